The van der Waals surface area contributed by atoms with E-state index in [0.717, 1.165) is 55.3 Å². The van der Waals surface area contributed by atoms with Crippen molar-refractivity contribution >= 4 is 6.08 Å². The van der Waals surface area contributed by atoms with Crippen molar-refractivity contribution < 1.29 is 22.3 Å². The van der Waals surface area contributed by atoms with Crippen LogP contribution in [-0.2, 0) is 6.18 Å². The first-order valence-electron chi connectivity index (χ1n) is 16.2. The van der Waals surface area contributed by atoms with E-state index >= 15 is 0 Å². The summed E-state index contributed by atoms with van der Waals surface area (Å²) >= 11 is 0. The highest BCUT2D eigenvalue weighted by atomic mass is 19.4. The van der Waals surface area contributed by atoms with E-state index in [9.17, 15) is 17.6 Å². The molecule has 0 aliphatic heterocycles. The minimum atomic E-state index is -4.77. The van der Waals surface area contributed by atoms with E-state index in [-0.39, 0.29) is 23.8 Å². The van der Waals surface area contributed by atoms with Gasteiger partial charge in [-0.1, -0.05) is 57.1 Å². The third-order valence-electron chi connectivity index (χ3n) is 9.98. The lowest BCUT2D eigenvalue weighted by molar-refractivity contribution is -0.140. The molecule has 0 bridgehead atoms. The van der Waals surface area contributed by atoms with Crippen molar-refractivity contribution in [2.45, 2.75) is 116 Å². The van der Waals surface area contributed by atoms with Crippen LogP contribution >= 0.6 is 0 Å². The van der Waals surface area contributed by atoms with E-state index in [1.54, 1.807) is 0 Å². The normalized spacial score (nSPS) is 30.2. The number of ether oxygens (including phenoxy) is 1. The van der Waals surface area contributed by atoms with Crippen LogP contribution < -0.4 is 4.74 Å². The fourth-order valence-electron chi connectivity index (χ4n) is 7.57. The summed E-state index contributed by atoms with van der Waals surface area (Å²) in [4.78, 5) is 0. The van der Waals surface area contributed by atoms with Crippen molar-refractivity contribution in [3.8, 4) is 5.75 Å². The van der Waals surface area contributed by atoms with Crippen LogP contribution in [0.25, 0.3) is 6.08 Å². The molecule has 1 aromatic rings. The topological polar surface area (TPSA) is 9.23 Å². The van der Waals surface area contributed by atoms with Gasteiger partial charge in [0, 0.05) is 0 Å². The summed E-state index contributed by atoms with van der Waals surface area (Å²) in [5.41, 5.74) is -1.34. The van der Waals surface area contributed by atoms with E-state index < -0.39 is 17.6 Å². The highest BCUT2D eigenvalue weighted by Gasteiger charge is 2.38. The van der Waals surface area contributed by atoms with E-state index in [1.807, 2.05) is 13.0 Å². The van der Waals surface area contributed by atoms with Crippen LogP contribution in [0.3, 0.4) is 0 Å². The average Bonchev–Trinajstić information content (AvgIpc) is 2.95. The van der Waals surface area contributed by atoms with Gasteiger partial charge in [-0.3, -0.25) is 0 Å². The minimum Gasteiger partial charge on any atom is -0.491 e. The number of hydrogen-bond acceptors (Lipinski definition) is 1. The van der Waals surface area contributed by atoms with Crippen LogP contribution in [0.5, 0.6) is 5.75 Å². The third-order valence-corrected chi connectivity index (χ3v) is 9.98. The molecule has 0 radical (unpaired) electrons. The molecule has 224 valence electrons. The second kappa shape index (κ2) is 14.9. The molecular formula is C35H50F4O. The molecule has 0 aromatic heterocycles. The molecule has 0 unspecified atom stereocenters. The fraction of sp³-hybridized carbons (Fsp3) is 0.714. The van der Waals surface area contributed by atoms with Crippen LogP contribution in [0.4, 0.5) is 17.6 Å². The Bertz CT molecular complexity index is 956. The Kier molecular flexibility index (Phi) is 11.6. The lowest BCUT2D eigenvalue weighted by atomic mass is 9.69. The standard InChI is InChI=1S/C35H50F4O/c1-3-5-25-6-8-26(9-7-25)10-11-27-12-17-29(18-13-27)30-19-14-28(15-20-30)16-21-31-22-23-32(40-24-4-2)34(36)33(31)35(37,38)39/h10-11,16,21-23,25-30H,3-9,12-15,17-20,24H2,1-2H3/b11-10+,21-16+. The van der Waals surface area contributed by atoms with Crippen LogP contribution in [0.2, 0.25) is 0 Å². The Morgan fingerprint density at radius 2 is 1.25 bits per heavy atom. The molecule has 0 heterocycles. The van der Waals surface area contributed by atoms with E-state index in [2.05, 4.69) is 19.1 Å². The largest absolute Gasteiger partial charge is 0.491 e. The first-order valence-corrected chi connectivity index (χ1v) is 16.2. The number of hydrogen-bond donors (Lipinski definition) is 0. The lowest BCUT2D eigenvalue weighted by Crippen LogP contribution is -2.25. The van der Waals surface area contributed by atoms with Gasteiger partial charge in [-0.15, -0.1) is 0 Å². The maximum Gasteiger partial charge on any atom is 0.419 e. The molecule has 3 saturated carbocycles. The van der Waals surface area contributed by atoms with E-state index in [4.69, 9.17) is 4.74 Å². The maximum absolute atomic E-state index is 14.7. The Hall–Kier alpha value is -1.78. The van der Waals surface area contributed by atoms with Crippen molar-refractivity contribution in [3.63, 3.8) is 0 Å². The lowest BCUT2D eigenvalue weighted by Gasteiger charge is -2.37. The Balaban J connectivity index is 1.23. The van der Waals surface area contributed by atoms with Crippen LogP contribution in [-0.4, -0.2) is 6.61 Å². The Morgan fingerprint density at radius 3 is 1.75 bits per heavy atom. The first-order chi connectivity index (χ1) is 19.3. The van der Waals surface area contributed by atoms with Crippen LogP contribution in [0.1, 0.15) is 121 Å². The molecule has 3 aliphatic carbocycles. The zero-order valence-electron chi connectivity index (χ0n) is 24.7. The van der Waals surface area contributed by atoms with Gasteiger partial charge in [-0.25, -0.2) is 4.39 Å². The number of halogens is 4. The van der Waals surface area contributed by atoms with Crippen molar-refractivity contribution in [1.29, 1.82) is 0 Å². The molecule has 0 spiro atoms. The minimum absolute atomic E-state index is 0.114. The summed E-state index contributed by atoms with van der Waals surface area (Å²) in [6, 6.07) is 2.66. The summed E-state index contributed by atoms with van der Waals surface area (Å²) in [5.74, 6) is 2.65. The van der Waals surface area contributed by atoms with Crippen molar-refractivity contribution in [2.75, 3.05) is 6.61 Å². The number of allylic oxidation sites excluding steroid dienone is 3. The van der Waals surface area contributed by atoms with Crippen molar-refractivity contribution in [3.05, 3.63) is 47.3 Å². The van der Waals surface area contributed by atoms with Crippen molar-refractivity contribution in [2.24, 2.45) is 35.5 Å². The zero-order valence-corrected chi connectivity index (χ0v) is 24.7. The zero-order chi connectivity index (χ0) is 28.5. The van der Waals surface area contributed by atoms with Crippen molar-refractivity contribution in [1.82, 2.24) is 0 Å². The Morgan fingerprint density at radius 1 is 0.725 bits per heavy atom. The predicted octanol–water partition coefficient (Wildman–Crippen LogP) is 11.4. The predicted molar refractivity (Wildman–Crippen MR) is 157 cm³/mol. The van der Waals surface area contributed by atoms with Gasteiger partial charge in [0.1, 0.15) is 5.56 Å². The average molecular weight is 563 g/mol. The van der Waals surface area contributed by atoms with Gasteiger partial charge in [0.25, 0.3) is 0 Å². The van der Waals surface area contributed by atoms with Crippen LogP contribution in [0.15, 0.2) is 30.4 Å². The molecule has 0 N–H and O–H groups in total. The van der Waals surface area contributed by atoms with Gasteiger partial charge >= 0.3 is 6.18 Å². The van der Waals surface area contributed by atoms with Crippen LogP contribution in [0, 0.1) is 41.3 Å². The number of alkyl halides is 3. The van der Waals surface area contributed by atoms with Gasteiger partial charge in [-0.05, 0) is 131 Å². The first kappa shape index (κ1) is 31.2. The molecule has 0 atom stereocenters. The van der Waals surface area contributed by atoms with Gasteiger partial charge in [0.05, 0.1) is 6.61 Å². The van der Waals surface area contributed by atoms with Gasteiger partial charge in [-0.2, -0.15) is 13.2 Å². The summed E-state index contributed by atoms with van der Waals surface area (Å²) in [6.07, 6.45) is 22.1. The molecule has 40 heavy (non-hydrogen) atoms. The van der Waals surface area contributed by atoms with E-state index in [1.165, 1.54) is 82.4 Å². The van der Waals surface area contributed by atoms with E-state index in [0.29, 0.717) is 6.42 Å². The molecule has 0 amide bonds. The highest BCUT2D eigenvalue weighted by Crippen LogP contribution is 2.43. The third kappa shape index (κ3) is 8.61. The SMILES string of the molecule is CCCOc1ccc(/C=C/C2CCC(C3CCC(/C=C/C4CCC(CCC)CC4)CC3)CC2)c(C(F)(F)F)c1F. The molecule has 5 heteroatoms. The highest BCUT2D eigenvalue weighted by molar-refractivity contribution is 5.57. The monoisotopic (exact) mass is 562 g/mol. The van der Waals surface area contributed by atoms with Gasteiger partial charge in [0.15, 0.2) is 11.6 Å². The van der Waals surface area contributed by atoms with Gasteiger partial charge in [0.2, 0.25) is 0 Å². The summed E-state index contributed by atoms with van der Waals surface area (Å²) < 4.78 is 61.0. The van der Waals surface area contributed by atoms with Gasteiger partial charge < -0.3 is 4.74 Å². The Labute approximate surface area is 239 Å². The smallest absolute Gasteiger partial charge is 0.419 e. The quantitative estimate of drug-likeness (QED) is 0.204. The molecule has 3 fully saturated rings. The molecule has 4 rings (SSSR count). The fourth-order valence-corrected chi connectivity index (χ4v) is 7.57. The summed E-state index contributed by atoms with van der Waals surface area (Å²) in [6.45, 7) is 4.32. The number of benzene rings is 1. The molecular weight excluding hydrogens is 512 g/mol. The molecule has 1 aromatic carbocycles. The molecule has 1 nitrogen and oxygen atoms in total. The summed E-state index contributed by atoms with van der Waals surface area (Å²) in [7, 11) is 0. The second-order valence-corrected chi connectivity index (χ2v) is 12.9. The summed E-state index contributed by atoms with van der Waals surface area (Å²) in [5, 5.41) is 0. The number of rotatable bonds is 10. The maximum atomic E-state index is 14.7. The molecule has 0 saturated heterocycles. The molecule has 3 aliphatic rings. The second-order valence-electron chi connectivity index (χ2n) is 12.9.